The number of hydrogen-bond donors (Lipinski definition) is 1. The van der Waals surface area contributed by atoms with E-state index in [1.54, 1.807) is 12.4 Å². The van der Waals surface area contributed by atoms with Crippen LogP contribution in [0.15, 0.2) is 12.4 Å². The van der Waals surface area contributed by atoms with Crippen molar-refractivity contribution in [3.63, 3.8) is 0 Å². The van der Waals surface area contributed by atoms with E-state index >= 15 is 0 Å². The van der Waals surface area contributed by atoms with E-state index in [0.29, 0.717) is 16.1 Å². The molecule has 0 atom stereocenters. The first-order valence-electron chi connectivity index (χ1n) is 7.26. The summed E-state index contributed by atoms with van der Waals surface area (Å²) in [6.45, 7) is 3.50. The zero-order valence-electron chi connectivity index (χ0n) is 11.7. The molecule has 6 nitrogen and oxygen atoms in total. The van der Waals surface area contributed by atoms with E-state index < -0.39 is 0 Å². The monoisotopic (exact) mass is 303 g/mol. The summed E-state index contributed by atoms with van der Waals surface area (Å²) >= 11 is 1.34. The minimum Gasteiger partial charge on any atom is -0.396 e. The topological polar surface area (TPSA) is 75.4 Å². The molecule has 2 aromatic heterocycles. The molecule has 1 aliphatic heterocycles. The quantitative estimate of drug-likeness (QED) is 0.902. The zero-order chi connectivity index (χ0) is 14.4. The Balaban J connectivity index is 1.54. The highest BCUT2D eigenvalue weighted by Gasteiger charge is 2.33. The number of nitrogens with two attached hydrogens (primary N) is 1. The maximum absolute atomic E-state index is 12.7. The molecule has 0 spiro atoms. The number of piperazine rings is 1. The predicted octanol–water partition coefficient (Wildman–Crippen LogP) is 1.19. The summed E-state index contributed by atoms with van der Waals surface area (Å²) in [5.74, 6) is 0.0211. The second-order valence-electron chi connectivity index (χ2n) is 5.61. The second kappa shape index (κ2) is 4.92. The van der Waals surface area contributed by atoms with Crippen molar-refractivity contribution in [1.82, 2.24) is 19.8 Å². The van der Waals surface area contributed by atoms with Crippen LogP contribution in [-0.2, 0) is 0 Å². The molecule has 0 bridgehead atoms. The van der Waals surface area contributed by atoms with Gasteiger partial charge in [0, 0.05) is 44.6 Å². The van der Waals surface area contributed by atoms with Crippen LogP contribution >= 0.6 is 11.3 Å². The van der Waals surface area contributed by atoms with Gasteiger partial charge in [-0.3, -0.25) is 9.69 Å². The van der Waals surface area contributed by atoms with Crippen LogP contribution in [0.25, 0.3) is 10.3 Å². The van der Waals surface area contributed by atoms with Crippen molar-refractivity contribution >= 4 is 33.3 Å². The van der Waals surface area contributed by atoms with Gasteiger partial charge in [0.15, 0.2) is 0 Å². The van der Waals surface area contributed by atoms with E-state index in [1.165, 1.54) is 24.2 Å². The van der Waals surface area contributed by atoms with Crippen molar-refractivity contribution in [3.05, 3.63) is 17.3 Å². The SMILES string of the molecule is Nc1c(C(=O)N2CCN(C3CC3)CC2)sc2nccnc12. The van der Waals surface area contributed by atoms with Gasteiger partial charge in [0.25, 0.3) is 5.91 Å². The van der Waals surface area contributed by atoms with Crippen molar-refractivity contribution in [3.8, 4) is 0 Å². The van der Waals surface area contributed by atoms with Gasteiger partial charge in [-0.15, -0.1) is 11.3 Å². The van der Waals surface area contributed by atoms with Crippen molar-refractivity contribution in [2.45, 2.75) is 18.9 Å². The van der Waals surface area contributed by atoms with E-state index in [-0.39, 0.29) is 5.91 Å². The number of fused-ring (bicyclic) bond motifs is 1. The zero-order valence-corrected chi connectivity index (χ0v) is 12.5. The lowest BCUT2D eigenvalue weighted by atomic mass is 10.2. The van der Waals surface area contributed by atoms with Gasteiger partial charge < -0.3 is 10.6 Å². The van der Waals surface area contributed by atoms with E-state index in [4.69, 9.17) is 5.73 Å². The molecular weight excluding hydrogens is 286 g/mol. The van der Waals surface area contributed by atoms with Crippen LogP contribution in [0.5, 0.6) is 0 Å². The molecule has 1 aliphatic carbocycles. The molecule has 1 saturated carbocycles. The Morgan fingerprint density at radius 2 is 1.90 bits per heavy atom. The molecule has 1 amide bonds. The first-order chi connectivity index (χ1) is 10.2. The van der Waals surface area contributed by atoms with E-state index in [0.717, 1.165) is 37.1 Å². The standard InChI is InChI=1S/C14H17N5OS/c15-10-11-13(17-4-3-16-11)21-12(10)14(20)19-7-5-18(6-8-19)9-1-2-9/h3-4,9H,1-2,5-8,15H2. The van der Waals surface area contributed by atoms with Crippen LogP contribution < -0.4 is 5.73 Å². The molecule has 2 N–H and O–H groups in total. The number of thiophene rings is 1. The molecule has 0 unspecified atom stereocenters. The first kappa shape index (κ1) is 13.0. The van der Waals surface area contributed by atoms with Crippen LogP contribution in [0.1, 0.15) is 22.5 Å². The van der Waals surface area contributed by atoms with Crippen LogP contribution in [0.3, 0.4) is 0 Å². The molecule has 2 fully saturated rings. The minimum atomic E-state index is 0.0211. The maximum atomic E-state index is 12.7. The molecule has 1 saturated heterocycles. The van der Waals surface area contributed by atoms with E-state index in [9.17, 15) is 4.79 Å². The average Bonchev–Trinajstić information content (AvgIpc) is 3.32. The highest BCUT2D eigenvalue weighted by molar-refractivity contribution is 7.21. The third-order valence-electron chi connectivity index (χ3n) is 4.22. The third-order valence-corrected chi connectivity index (χ3v) is 5.31. The molecule has 4 rings (SSSR count). The Morgan fingerprint density at radius 1 is 1.19 bits per heavy atom. The molecule has 0 aromatic carbocycles. The van der Waals surface area contributed by atoms with Gasteiger partial charge in [0.1, 0.15) is 15.2 Å². The smallest absolute Gasteiger partial charge is 0.266 e. The van der Waals surface area contributed by atoms with Gasteiger partial charge in [0.05, 0.1) is 5.69 Å². The molecule has 0 radical (unpaired) electrons. The Kier molecular flexibility index (Phi) is 3.04. The maximum Gasteiger partial charge on any atom is 0.266 e. The summed E-state index contributed by atoms with van der Waals surface area (Å²) in [5.41, 5.74) is 7.19. The number of nitrogen functional groups attached to an aromatic ring is 1. The number of carbonyl (C=O) groups excluding carboxylic acids is 1. The first-order valence-corrected chi connectivity index (χ1v) is 8.08. The Labute approximate surface area is 126 Å². The number of rotatable bonds is 2. The van der Waals surface area contributed by atoms with Crippen molar-refractivity contribution in [2.75, 3.05) is 31.9 Å². The summed E-state index contributed by atoms with van der Waals surface area (Å²) < 4.78 is 0. The molecule has 21 heavy (non-hydrogen) atoms. The van der Waals surface area contributed by atoms with Crippen LogP contribution in [0.4, 0.5) is 5.69 Å². The lowest BCUT2D eigenvalue weighted by Crippen LogP contribution is -2.49. The van der Waals surface area contributed by atoms with Gasteiger partial charge in [0.2, 0.25) is 0 Å². The van der Waals surface area contributed by atoms with Crippen molar-refractivity contribution in [2.24, 2.45) is 0 Å². The van der Waals surface area contributed by atoms with Gasteiger partial charge in [-0.25, -0.2) is 9.97 Å². The number of hydrogen-bond acceptors (Lipinski definition) is 6. The number of nitrogens with zero attached hydrogens (tertiary/aromatic N) is 4. The Hall–Kier alpha value is -1.73. The van der Waals surface area contributed by atoms with Gasteiger partial charge in [-0.05, 0) is 12.8 Å². The third kappa shape index (κ3) is 2.26. The predicted molar refractivity (Wildman–Crippen MR) is 82.3 cm³/mol. The van der Waals surface area contributed by atoms with Crippen LogP contribution in [0, 0.1) is 0 Å². The molecule has 7 heteroatoms. The summed E-state index contributed by atoms with van der Waals surface area (Å²) in [6.07, 6.45) is 5.86. The largest absolute Gasteiger partial charge is 0.396 e. The summed E-state index contributed by atoms with van der Waals surface area (Å²) in [6, 6.07) is 0.769. The summed E-state index contributed by atoms with van der Waals surface area (Å²) in [4.78, 5) is 26.8. The van der Waals surface area contributed by atoms with Gasteiger partial charge >= 0.3 is 0 Å². The van der Waals surface area contributed by atoms with Crippen LogP contribution in [-0.4, -0.2) is 57.9 Å². The van der Waals surface area contributed by atoms with E-state index in [2.05, 4.69) is 14.9 Å². The second-order valence-corrected chi connectivity index (χ2v) is 6.61. The van der Waals surface area contributed by atoms with Crippen molar-refractivity contribution < 1.29 is 4.79 Å². The summed E-state index contributed by atoms with van der Waals surface area (Å²) in [7, 11) is 0. The number of aromatic nitrogens is 2. The van der Waals surface area contributed by atoms with E-state index in [1.807, 2.05) is 4.90 Å². The van der Waals surface area contributed by atoms with Gasteiger partial charge in [-0.1, -0.05) is 0 Å². The highest BCUT2D eigenvalue weighted by atomic mass is 32.1. The fourth-order valence-corrected chi connectivity index (χ4v) is 3.87. The minimum absolute atomic E-state index is 0.0211. The molecule has 2 aromatic rings. The van der Waals surface area contributed by atoms with Crippen molar-refractivity contribution in [1.29, 1.82) is 0 Å². The molecule has 2 aliphatic rings. The lowest BCUT2D eigenvalue weighted by Gasteiger charge is -2.34. The number of amides is 1. The van der Waals surface area contributed by atoms with Crippen LogP contribution in [0.2, 0.25) is 0 Å². The Morgan fingerprint density at radius 3 is 2.57 bits per heavy atom. The molecular formula is C14H17N5OS. The number of anilines is 1. The number of carbonyl (C=O) groups is 1. The van der Waals surface area contributed by atoms with Gasteiger partial charge in [-0.2, -0.15) is 0 Å². The average molecular weight is 303 g/mol. The highest BCUT2D eigenvalue weighted by Crippen LogP contribution is 2.32. The fourth-order valence-electron chi connectivity index (χ4n) is 2.88. The lowest BCUT2D eigenvalue weighted by molar-refractivity contribution is 0.0633. The molecule has 3 heterocycles. The summed E-state index contributed by atoms with van der Waals surface area (Å²) in [5, 5.41) is 0. The normalized spacial score (nSPS) is 20.1. The fraction of sp³-hybridized carbons (Fsp3) is 0.500. The Bertz CT molecular complexity index is 688. The molecule has 110 valence electrons.